The molecule has 0 aromatic carbocycles. The molecule has 19 heavy (non-hydrogen) atoms. The zero-order chi connectivity index (χ0) is 13.9. The normalized spacial score (nSPS) is 19.5. The van der Waals surface area contributed by atoms with Gasteiger partial charge < -0.3 is 4.74 Å². The first-order valence-electron chi connectivity index (χ1n) is 6.29. The van der Waals surface area contributed by atoms with Crippen molar-refractivity contribution in [2.45, 2.75) is 17.9 Å². The summed E-state index contributed by atoms with van der Waals surface area (Å²) in [6, 6.07) is 0.148. The molecule has 0 radical (unpaired) electrons. The Hall–Kier alpha value is -0.960. The summed E-state index contributed by atoms with van der Waals surface area (Å²) in [5, 5.41) is 3.87. The van der Waals surface area contributed by atoms with E-state index in [1.54, 1.807) is 7.05 Å². The molecule has 2 heterocycles. The van der Waals surface area contributed by atoms with Crippen molar-refractivity contribution >= 4 is 10.0 Å². The first kappa shape index (κ1) is 14.4. The van der Waals surface area contributed by atoms with Crippen molar-refractivity contribution in [2.75, 3.05) is 32.8 Å². The fourth-order valence-corrected chi connectivity index (χ4v) is 3.10. The van der Waals surface area contributed by atoms with Crippen LogP contribution in [0.1, 0.15) is 6.92 Å². The minimum atomic E-state index is -3.46. The zero-order valence-electron chi connectivity index (χ0n) is 11.2. The lowest BCUT2D eigenvalue weighted by Gasteiger charge is -2.32. The summed E-state index contributed by atoms with van der Waals surface area (Å²) in [5.74, 6) is 0. The van der Waals surface area contributed by atoms with Gasteiger partial charge in [-0.25, -0.2) is 13.1 Å². The molecule has 1 aromatic heterocycles. The molecule has 1 N–H and O–H groups in total. The molecular weight excluding hydrogens is 268 g/mol. The molecule has 0 unspecified atom stereocenters. The highest BCUT2D eigenvalue weighted by atomic mass is 32.2. The van der Waals surface area contributed by atoms with Crippen LogP contribution >= 0.6 is 0 Å². The van der Waals surface area contributed by atoms with Gasteiger partial charge in [-0.2, -0.15) is 5.10 Å². The summed E-state index contributed by atoms with van der Waals surface area (Å²) in [4.78, 5) is 2.42. The molecule has 108 valence electrons. The lowest BCUT2D eigenvalue weighted by molar-refractivity contribution is 0.0213. The summed E-state index contributed by atoms with van der Waals surface area (Å²) < 4.78 is 33.4. The number of aromatic nitrogens is 2. The van der Waals surface area contributed by atoms with Crippen LogP contribution < -0.4 is 4.72 Å². The molecule has 0 amide bonds. The Bertz CT molecular complexity index is 508. The van der Waals surface area contributed by atoms with Crippen LogP contribution in [0, 0.1) is 0 Å². The average molecular weight is 288 g/mol. The van der Waals surface area contributed by atoms with Crippen LogP contribution in [0.5, 0.6) is 0 Å². The molecule has 2 rings (SSSR count). The Morgan fingerprint density at radius 2 is 2.16 bits per heavy atom. The maximum Gasteiger partial charge on any atom is 0.243 e. The van der Waals surface area contributed by atoms with Crippen molar-refractivity contribution in [3.8, 4) is 0 Å². The van der Waals surface area contributed by atoms with E-state index < -0.39 is 10.0 Å². The van der Waals surface area contributed by atoms with Crippen LogP contribution in [-0.2, 0) is 21.8 Å². The van der Waals surface area contributed by atoms with Gasteiger partial charge >= 0.3 is 0 Å². The summed E-state index contributed by atoms with van der Waals surface area (Å²) in [7, 11) is -1.77. The number of morpholine rings is 1. The molecule has 0 spiro atoms. The van der Waals surface area contributed by atoms with Gasteiger partial charge in [-0.1, -0.05) is 0 Å². The lowest BCUT2D eigenvalue weighted by atomic mass is 10.2. The summed E-state index contributed by atoms with van der Waals surface area (Å²) in [6.45, 7) is 5.50. The van der Waals surface area contributed by atoms with Gasteiger partial charge in [-0.05, 0) is 6.92 Å². The Morgan fingerprint density at radius 3 is 2.74 bits per heavy atom. The number of aryl methyl sites for hydroxylation is 1. The SMILES string of the molecule is C[C@H](CNS(=O)(=O)c1cnn(C)c1)N1CCOCC1. The molecule has 8 heteroatoms. The Balaban J connectivity index is 1.90. The van der Waals surface area contributed by atoms with E-state index in [9.17, 15) is 8.42 Å². The van der Waals surface area contributed by atoms with E-state index in [0.29, 0.717) is 19.8 Å². The topological polar surface area (TPSA) is 76.5 Å². The zero-order valence-corrected chi connectivity index (χ0v) is 12.1. The lowest BCUT2D eigenvalue weighted by Crippen LogP contribution is -2.47. The Morgan fingerprint density at radius 1 is 1.47 bits per heavy atom. The molecule has 0 bridgehead atoms. The third-order valence-electron chi connectivity index (χ3n) is 3.23. The van der Waals surface area contributed by atoms with Gasteiger partial charge in [0.1, 0.15) is 4.90 Å². The number of nitrogens with one attached hydrogen (secondary N) is 1. The van der Waals surface area contributed by atoms with E-state index in [0.717, 1.165) is 13.1 Å². The van der Waals surface area contributed by atoms with Gasteiger partial charge in [0, 0.05) is 38.9 Å². The van der Waals surface area contributed by atoms with Crippen molar-refractivity contribution in [1.29, 1.82) is 0 Å². The van der Waals surface area contributed by atoms with Crippen molar-refractivity contribution in [1.82, 2.24) is 19.4 Å². The highest BCUT2D eigenvalue weighted by molar-refractivity contribution is 7.89. The second-order valence-electron chi connectivity index (χ2n) is 4.70. The molecule has 1 aliphatic rings. The van der Waals surface area contributed by atoms with Crippen molar-refractivity contribution in [3.05, 3.63) is 12.4 Å². The monoisotopic (exact) mass is 288 g/mol. The average Bonchev–Trinajstić information content (AvgIpc) is 2.85. The van der Waals surface area contributed by atoms with Gasteiger partial charge in [-0.3, -0.25) is 9.58 Å². The predicted octanol–water partition coefficient (Wildman–Crippen LogP) is -0.581. The second-order valence-corrected chi connectivity index (χ2v) is 6.47. The molecule has 1 saturated heterocycles. The molecular formula is C11H20N4O3S. The van der Waals surface area contributed by atoms with Crippen LogP contribution in [0.2, 0.25) is 0 Å². The summed E-state index contributed by atoms with van der Waals surface area (Å²) in [6.07, 6.45) is 2.84. The van der Waals surface area contributed by atoms with Gasteiger partial charge in [0.2, 0.25) is 10.0 Å². The maximum absolute atomic E-state index is 12.0. The third-order valence-corrected chi connectivity index (χ3v) is 4.61. The van der Waals surface area contributed by atoms with Crippen LogP contribution in [0.3, 0.4) is 0 Å². The molecule has 1 aromatic rings. The first-order valence-corrected chi connectivity index (χ1v) is 7.77. The highest BCUT2D eigenvalue weighted by Crippen LogP contribution is 2.07. The summed E-state index contributed by atoms with van der Waals surface area (Å²) in [5.41, 5.74) is 0. The number of sulfonamides is 1. The molecule has 1 fully saturated rings. The van der Waals surface area contributed by atoms with E-state index in [2.05, 4.69) is 14.7 Å². The van der Waals surface area contributed by atoms with E-state index >= 15 is 0 Å². The quantitative estimate of drug-likeness (QED) is 0.784. The van der Waals surface area contributed by atoms with Gasteiger partial charge in [-0.15, -0.1) is 0 Å². The minimum Gasteiger partial charge on any atom is -0.379 e. The Kier molecular flexibility index (Phi) is 4.56. The van der Waals surface area contributed by atoms with Gasteiger partial charge in [0.15, 0.2) is 0 Å². The molecule has 1 aliphatic heterocycles. The molecule has 7 nitrogen and oxygen atoms in total. The maximum atomic E-state index is 12.0. The van der Waals surface area contributed by atoms with Crippen LogP contribution in [-0.4, -0.2) is 62.0 Å². The van der Waals surface area contributed by atoms with E-state index in [4.69, 9.17) is 4.74 Å². The Labute approximate surface area is 113 Å². The number of ether oxygens (including phenoxy) is 1. The standard InChI is InChI=1S/C11H20N4O3S/c1-10(15-3-5-18-6-4-15)7-13-19(16,17)11-8-12-14(2)9-11/h8-10,13H,3-7H2,1-2H3/t10-/m1/s1. The smallest absolute Gasteiger partial charge is 0.243 e. The third kappa shape index (κ3) is 3.75. The first-order chi connectivity index (χ1) is 8.99. The predicted molar refractivity (Wildman–Crippen MR) is 70.3 cm³/mol. The van der Waals surface area contributed by atoms with Crippen molar-refractivity contribution in [3.63, 3.8) is 0 Å². The van der Waals surface area contributed by atoms with E-state index in [1.807, 2.05) is 6.92 Å². The van der Waals surface area contributed by atoms with Crippen LogP contribution in [0.15, 0.2) is 17.3 Å². The highest BCUT2D eigenvalue weighted by Gasteiger charge is 2.21. The largest absolute Gasteiger partial charge is 0.379 e. The van der Waals surface area contributed by atoms with Crippen LogP contribution in [0.25, 0.3) is 0 Å². The molecule has 0 aliphatic carbocycles. The fraction of sp³-hybridized carbons (Fsp3) is 0.727. The second kappa shape index (κ2) is 6.00. The molecule has 0 saturated carbocycles. The van der Waals surface area contributed by atoms with Crippen molar-refractivity contribution < 1.29 is 13.2 Å². The van der Waals surface area contributed by atoms with Crippen LogP contribution in [0.4, 0.5) is 0 Å². The van der Waals surface area contributed by atoms with Gasteiger partial charge in [0.05, 0.1) is 19.4 Å². The van der Waals surface area contributed by atoms with E-state index in [-0.39, 0.29) is 10.9 Å². The van der Waals surface area contributed by atoms with E-state index in [1.165, 1.54) is 17.1 Å². The number of hydrogen-bond acceptors (Lipinski definition) is 5. The molecule has 1 atom stereocenters. The fourth-order valence-electron chi connectivity index (χ4n) is 2.00. The number of rotatable bonds is 5. The van der Waals surface area contributed by atoms with Gasteiger partial charge in [0.25, 0.3) is 0 Å². The number of hydrogen-bond donors (Lipinski definition) is 1. The minimum absolute atomic E-state index is 0.148. The number of nitrogens with zero attached hydrogens (tertiary/aromatic N) is 3. The van der Waals surface area contributed by atoms with Crippen molar-refractivity contribution in [2.24, 2.45) is 7.05 Å². The summed E-state index contributed by atoms with van der Waals surface area (Å²) >= 11 is 0.